The van der Waals surface area contributed by atoms with Crippen LogP contribution in [0.4, 0.5) is 40.3 Å². The zero-order valence-corrected chi connectivity index (χ0v) is 30.7. The Balaban J connectivity index is 1.56. The van der Waals surface area contributed by atoms with Gasteiger partial charge in [-0.05, 0) is 82.8 Å². The molecule has 0 spiro atoms. The number of hydrogen-bond acceptors (Lipinski definition) is 20. The van der Waals surface area contributed by atoms with E-state index < -0.39 is 113 Å². The van der Waals surface area contributed by atoms with Gasteiger partial charge >= 0.3 is 10.4 Å². The van der Waals surface area contributed by atoms with Crippen molar-refractivity contribution >= 4 is 103 Å². The fourth-order valence-corrected chi connectivity index (χ4v) is 7.43. The summed E-state index contributed by atoms with van der Waals surface area (Å²) in [6, 6.07) is 10.1. The van der Waals surface area contributed by atoms with Crippen molar-refractivity contribution in [3.8, 4) is 11.5 Å². The first-order valence-electron chi connectivity index (χ1n) is 14.3. The van der Waals surface area contributed by atoms with E-state index in [1.54, 1.807) is 0 Å². The fourth-order valence-electron chi connectivity index (χ4n) is 4.58. The molecule has 0 aliphatic carbocycles. The molecule has 0 radical (unpaired) electrons. The van der Waals surface area contributed by atoms with Gasteiger partial charge in [-0.2, -0.15) is 40.2 Å². The molecule has 28 heteroatoms. The molecule has 4 aromatic carbocycles. The second kappa shape index (κ2) is 15.3. The van der Waals surface area contributed by atoms with Crippen molar-refractivity contribution in [2.24, 2.45) is 15.4 Å². The number of hydrogen-bond donors (Lipinski definition) is 7. The predicted molar refractivity (Wildman–Crippen MR) is 190 cm³/mol. The number of aromatic nitrogens is 3. The molecule has 0 unspecified atom stereocenters. The van der Waals surface area contributed by atoms with E-state index in [1.165, 1.54) is 12.1 Å². The van der Waals surface area contributed by atoms with Gasteiger partial charge in [-0.3, -0.25) is 13.7 Å². The fraction of sp³-hybridized carbons (Fsp3) is 0.0741. The largest absolute Gasteiger partial charge is 0.506 e. The minimum Gasteiger partial charge on any atom is -0.506 e. The van der Waals surface area contributed by atoms with Crippen molar-refractivity contribution in [3.05, 3.63) is 70.9 Å². The highest BCUT2D eigenvalue weighted by molar-refractivity contribution is 7.91. The summed E-state index contributed by atoms with van der Waals surface area (Å²) in [5, 5.41) is 35.4. The summed E-state index contributed by atoms with van der Waals surface area (Å²) in [5.41, 5.74) is -1.83. The lowest BCUT2D eigenvalue weighted by Gasteiger charge is -2.15. The third-order valence-corrected chi connectivity index (χ3v) is 11.0. The van der Waals surface area contributed by atoms with E-state index in [0.717, 1.165) is 42.5 Å². The molecule has 0 aliphatic heterocycles. The SMILES string of the molecule is O=Nc1ccc(O)c(N=Nc2c(S(=O)(=O)O)cc3cc(S(=O)(=O)O)cc(Nc4nc(Cl)nc(Nc5ccc(S(=O)(=O)CCOS(=O)(=O)O)cc5)n4)c3c2O)c1. The number of phenolic OH excluding ortho intramolecular Hbond substituents is 2. The van der Waals surface area contributed by atoms with Gasteiger partial charge in [0.15, 0.2) is 15.6 Å². The predicted octanol–water partition coefficient (Wildman–Crippen LogP) is 4.48. The number of nitroso groups, excluding NO2 is 1. The van der Waals surface area contributed by atoms with Crippen molar-refractivity contribution in [1.82, 2.24) is 15.0 Å². The Labute approximate surface area is 314 Å². The van der Waals surface area contributed by atoms with Gasteiger partial charge in [0, 0.05) is 11.1 Å². The zero-order chi connectivity index (χ0) is 40.5. The Kier molecular flexibility index (Phi) is 11.3. The topological polar surface area (TPSA) is 364 Å². The summed E-state index contributed by atoms with van der Waals surface area (Å²) in [7, 11) is -19.2. The summed E-state index contributed by atoms with van der Waals surface area (Å²) >= 11 is 6.08. The van der Waals surface area contributed by atoms with Crippen molar-refractivity contribution in [2.75, 3.05) is 23.0 Å². The lowest BCUT2D eigenvalue weighted by molar-refractivity contribution is 0.284. The highest BCUT2D eigenvalue weighted by Gasteiger charge is 2.26. The van der Waals surface area contributed by atoms with Gasteiger partial charge in [-0.1, -0.05) is 0 Å². The Morgan fingerprint density at radius 1 is 0.745 bits per heavy atom. The van der Waals surface area contributed by atoms with Crippen LogP contribution in [0.1, 0.15) is 0 Å². The van der Waals surface area contributed by atoms with Crippen LogP contribution < -0.4 is 10.6 Å². The second-order valence-electron chi connectivity index (χ2n) is 10.6. The van der Waals surface area contributed by atoms with Crippen LogP contribution in [0.3, 0.4) is 0 Å². The molecular formula is C27H21ClN8O15S4. The Bertz CT molecular complexity index is 2840. The minimum atomic E-state index is -5.26. The standard InChI is InChI=1S/C27H21ClN8O15S4/c28-25-31-26(29-14-1-4-16(5-2-14)52(40,41)8-7-51-55(48,49)50)33-27(32-25)30-19-12-17(53(42,43)44)9-13-10-21(54(45,46)47)23(24(38)22(13)19)35-34-18-11-15(36-39)3-6-20(18)37/h1-6,9-12,37-38H,7-8H2,(H,42,43,44)(H,45,46,47)(H,48,49,50)(H2,29,30,31,32,33). The van der Waals surface area contributed by atoms with E-state index in [0.29, 0.717) is 6.07 Å². The van der Waals surface area contributed by atoms with Crippen LogP contribution in [0.25, 0.3) is 10.8 Å². The van der Waals surface area contributed by atoms with Crippen LogP contribution >= 0.6 is 11.6 Å². The Morgan fingerprint density at radius 3 is 2.00 bits per heavy atom. The van der Waals surface area contributed by atoms with Crippen LogP contribution in [0.15, 0.2) is 90.8 Å². The maximum absolute atomic E-state index is 12.5. The lowest BCUT2D eigenvalue weighted by atomic mass is 10.1. The number of fused-ring (bicyclic) bond motifs is 1. The number of rotatable bonds is 14. The number of azo groups is 1. The van der Waals surface area contributed by atoms with E-state index in [4.69, 9.17) is 16.2 Å². The molecule has 0 bridgehead atoms. The summed E-state index contributed by atoms with van der Waals surface area (Å²) in [4.78, 5) is 20.6. The van der Waals surface area contributed by atoms with Gasteiger partial charge in [0.05, 0.1) is 27.8 Å². The summed E-state index contributed by atoms with van der Waals surface area (Å²) < 4.78 is 128. The molecule has 55 heavy (non-hydrogen) atoms. The third kappa shape index (κ3) is 9.97. The first-order valence-corrected chi connectivity index (χ1v) is 20.6. The second-order valence-corrected chi connectivity index (χ2v) is 17.0. The first-order chi connectivity index (χ1) is 25.5. The number of benzene rings is 4. The molecule has 7 N–H and O–H groups in total. The molecule has 5 rings (SSSR count). The highest BCUT2D eigenvalue weighted by atomic mass is 35.5. The molecule has 290 valence electrons. The number of phenols is 2. The van der Waals surface area contributed by atoms with E-state index in [1.807, 2.05) is 0 Å². The maximum atomic E-state index is 12.5. The average molecular weight is 861 g/mol. The number of sulfone groups is 1. The van der Waals surface area contributed by atoms with Gasteiger partial charge in [0.25, 0.3) is 20.2 Å². The number of nitrogens with zero attached hydrogens (tertiary/aromatic N) is 6. The molecular weight excluding hydrogens is 840 g/mol. The molecule has 0 amide bonds. The van der Waals surface area contributed by atoms with E-state index in [9.17, 15) is 57.9 Å². The molecule has 5 aromatic rings. The van der Waals surface area contributed by atoms with E-state index in [2.05, 4.69) is 45.2 Å². The number of nitrogens with one attached hydrogen (secondary N) is 2. The highest BCUT2D eigenvalue weighted by Crippen LogP contribution is 2.46. The Hall–Kier alpha value is -5.52. The van der Waals surface area contributed by atoms with E-state index in [-0.39, 0.29) is 22.2 Å². The van der Waals surface area contributed by atoms with Crippen molar-refractivity contribution < 1.29 is 61.7 Å². The molecule has 0 saturated heterocycles. The molecule has 0 atom stereocenters. The van der Waals surface area contributed by atoms with Crippen molar-refractivity contribution in [3.63, 3.8) is 0 Å². The van der Waals surface area contributed by atoms with Crippen molar-refractivity contribution in [1.29, 1.82) is 0 Å². The van der Waals surface area contributed by atoms with Gasteiger partial charge in [0.2, 0.25) is 17.2 Å². The number of aromatic hydroxyl groups is 2. The number of anilines is 4. The van der Waals surface area contributed by atoms with Crippen LogP contribution in [0, 0.1) is 4.91 Å². The van der Waals surface area contributed by atoms with Crippen LogP contribution in [-0.4, -0.2) is 84.9 Å². The molecule has 1 heterocycles. The molecule has 1 aromatic heterocycles. The van der Waals surface area contributed by atoms with Gasteiger partial charge in [-0.15, -0.1) is 15.1 Å². The van der Waals surface area contributed by atoms with Gasteiger partial charge in [-0.25, -0.2) is 12.6 Å². The summed E-state index contributed by atoms with van der Waals surface area (Å²) in [6.45, 7) is -0.854. The quantitative estimate of drug-likeness (QED) is 0.0459. The summed E-state index contributed by atoms with van der Waals surface area (Å²) in [5.74, 6) is -3.15. The van der Waals surface area contributed by atoms with Gasteiger partial charge < -0.3 is 20.8 Å². The monoisotopic (exact) mass is 860 g/mol. The number of halogens is 1. The van der Waals surface area contributed by atoms with Crippen LogP contribution in [0.5, 0.6) is 11.5 Å². The summed E-state index contributed by atoms with van der Waals surface area (Å²) in [6.07, 6.45) is 0. The normalized spacial score (nSPS) is 12.6. The van der Waals surface area contributed by atoms with Crippen molar-refractivity contribution in [2.45, 2.75) is 14.7 Å². The zero-order valence-electron chi connectivity index (χ0n) is 26.7. The molecule has 0 saturated carbocycles. The third-order valence-electron chi connectivity index (χ3n) is 6.93. The first kappa shape index (κ1) is 40.7. The van der Waals surface area contributed by atoms with Crippen LogP contribution in [0.2, 0.25) is 5.28 Å². The molecule has 23 nitrogen and oxygen atoms in total. The maximum Gasteiger partial charge on any atom is 0.397 e. The Morgan fingerprint density at radius 2 is 1.40 bits per heavy atom. The van der Waals surface area contributed by atoms with Crippen LogP contribution in [-0.2, 0) is 44.7 Å². The van der Waals surface area contributed by atoms with E-state index >= 15 is 0 Å². The molecule has 0 fully saturated rings. The average Bonchev–Trinajstić information content (AvgIpc) is 3.06. The minimum absolute atomic E-state index is 0.172. The van der Waals surface area contributed by atoms with Gasteiger partial charge in [0.1, 0.15) is 27.7 Å². The molecule has 0 aliphatic rings. The smallest absolute Gasteiger partial charge is 0.397 e. The lowest BCUT2D eigenvalue weighted by Crippen LogP contribution is -2.15.